The number of hydrogen-bond donors (Lipinski definition) is 1. The molecule has 0 aromatic rings. The Bertz CT molecular complexity index is 191. The molecule has 1 heterocycles. The first-order chi connectivity index (χ1) is 7.33. The average Bonchev–Trinajstić information content (AvgIpc) is 2.66. The molecular weight excluding hydrogens is 184 g/mol. The number of rotatable bonds is 3. The van der Waals surface area contributed by atoms with Crippen molar-refractivity contribution >= 4 is 0 Å². The van der Waals surface area contributed by atoms with E-state index >= 15 is 0 Å². The fourth-order valence-corrected chi connectivity index (χ4v) is 3.57. The van der Waals surface area contributed by atoms with Gasteiger partial charge in [-0.3, -0.25) is 4.90 Å². The van der Waals surface area contributed by atoms with Gasteiger partial charge in [-0.05, 0) is 58.7 Å². The zero-order chi connectivity index (χ0) is 10.7. The zero-order valence-electron chi connectivity index (χ0n) is 10.3. The van der Waals surface area contributed by atoms with Gasteiger partial charge in [0.05, 0.1) is 0 Å². The van der Waals surface area contributed by atoms with E-state index in [0.29, 0.717) is 0 Å². The van der Waals surface area contributed by atoms with Crippen LogP contribution in [0, 0.1) is 5.92 Å². The van der Waals surface area contributed by atoms with Crippen LogP contribution in [0.2, 0.25) is 0 Å². The fourth-order valence-electron chi connectivity index (χ4n) is 3.57. The molecule has 0 aromatic heterocycles. The molecule has 1 saturated heterocycles. The summed E-state index contributed by atoms with van der Waals surface area (Å²) in [4.78, 5) is 2.79. The molecule has 2 heteroatoms. The summed E-state index contributed by atoms with van der Waals surface area (Å²) in [6.07, 6.45) is 8.62. The van der Waals surface area contributed by atoms with Crippen LogP contribution in [-0.2, 0) is 0 Å². The molecule has 1 saturated carbocycles. The van der Waals surface area contributed by atoms with Gasteiger partial charge < -0.3 is 5.32 Å². The molecule has 0 spiro atoms. The molecule has 1 N–H and O–H groups in total. The van der Waals surface area contributed by atoms with E-state index in [2.05, 4.69) is 24.2 Å². The minimum Gasteiger partial charge on any atom is -0.319 e. The van der Waals surface area contributed by atoms with Crippen LogP contribution in [0.25, 0.3) is 0 Å². The summed E-state index contributed by atoms with van der Waals surface area (Å²) < 4.78 is 0. The Labute approximate surface area is 94.4 Å². The summed E-state index contributed by atoms with van der Waals surface area (Å²) in [5, 5.41) is 3.38. The molecule has 2 nitrogen and oxygen atoms in total. The lowest BCUT2D eigenvalue weighted by atomic mass is 9.83. The molecule has 0 amide bonds. The van der Waals surface area contributed by atoms with Crippen molar-refractivity contribution < 1.29 is 0 Å². The van der Waals surface area contributed by atoms with Gasteiger partial charge >= 0.3 is 0 Å². The van der Waals surface area contributed by atoms with Crippen LogP contribution >= 0.6 is 0 Å². The highest BCUT2D eigenvalue weighted by atomic mass is 15.2. The van der Waals surface area contributed by atoms with Crippen molar-refractivity contribution in [1.82, 2.24) is 10.2 Å². The first-order valence-electron chi connectivity index (χ1n) is 6.73. The van der Waals surface area contributed by atoms with E-state index in [1.165, 1.54) is 51.6 Å². The van der Waals surface area contributed by atoms with Crippen molar-refractivity contribution in [3.05, 3.63) is 0 Å². The van der Waals surface area contributed by atoms with Crippen molar-refractivity contribution in [3.63, 3.8) is 0 Å². The molecule has 2 aliphatic rings. The Morgan fingerprint density at radius 3 is 2.60 bits per heavy atom. The van der Waals surface area contributed by atoms with E-state index in [9.17, 15) is 0 Å². The highest BCUT2D eigenvalue weighted by molar-refractivity contribution is 4.89. The van der Waals surface area contributed by atoms with Gasteiger partial charge in [-0.2, -0.15) is 0 Å². The molecule has 1 aliphatic carbocycles. The molecule has 0 radical (unpaired) electrons. The summed E-state index contributed by atoms with van der Waals surface area (Å²) in [6.45, 7) is 4.98. The SMILES string of the molecule is CNCC1CCCCC1N1CCCC1C. The van der Waals surface area contributed by atoms with Gasteiger partial charge in [0.1, 0.15) is 0 Å². The predicted octanol–water partition coefficient (Wildman–Crippen LogP) is 2.25. The Hall–Kier alpha value is -0.0800. The lowest BCUT2D eigenvalue weighted by Gasteiger charge is -2.40. The van der Waals surface area contributed by atoms with E-state index in [1.54, 1.807) is 0 Å². The second-order valence-electron chi connectivity index (χ2n) is 5.40. The molecule has 88 valence electrons. The maximum absolute atomic E-state index is 3.38. The third-order valence-corrected chi connectivity index (χ3v) is 4.37. The molecule has 2 fully saturated rings. The van der Waals surface area contributed by atoms with Crippen LogP contribution in [0.5, 0.6) is 0 Å². The molecule has 3 atom stereocenters. The molecule has 15 heavy (non-hydrogen) atoms. The number of nitrogens with zero attached hydrogens (tertiary/aromatic N) is 1. The lowest BCUT2D eigenvalue weighted by molar-refractivity contribution is 0.0981. The molecule has 2 rings (SSSR count). The van der Waals surface area contributed by atoms with Gasteiger partial charge in [-0.15, -0.1) is 0 Å². The molecular formula is C13H26N2. The van der Waals surface area contributed by atoms with Gasteiger partial charge in [0.15, 0.2) is 0 Å². The average molecular weight is 210 g/mol. The monoisotopic (exact) mass is 210 g/mol. The van der Waals surface area contributed by atoms with Gasteiger partial charge in [-0.25, -0.2) is 0 Å². The summed E-state index contributed by atoms with van der Waals surface area (Å²) in [5.74, 6) is 0.907. The van der Waals surface area contributed by atoms with E-state index in [-0.39, 0.29) is 0 Å². The molecule has 0 aromatic carbocycles. The van der Waals surface area contributed by atoms with Crippen LogP contribution in [0.1, 0.15) is 45.4 Å². The van der Waals surface area contributed by atoms with Gasteiger partial charge in [0.25, 0.3) is 0 Å². The first kappa shape index (κ1) is 11.4. The van der Waals surface area contributed by atoms with Crippen LogP contribution in [-0.4, -0.2) is 37.1 Å². The van der Waals surface area contributed by atoms with E-state index in [1.807, 2.05) is 0 Å². The van der Waals surface area contributed by atoms with Crippen LogP contribution in [0.4, 0.5) is 0 Å². The topological polar surface area (TPSA) is 15.3 Å². The van der Waals surface area contributed by atoms with Crippen molar-refractivity contribution in [2.45, 2.75) is 57.5 Å². The summed E-state index contributed by atoms with van der Waals surface area (Å²) in [5.41, 5.74) is 0. The maximum atomic E-state index is 3.38. The fraction of sp³-hybridized carbons (Fsp3) is 1.00. The Balaban J connectivity index is 1.97. The van der Waals surface area contributed by atoms with E-state index in [4.69, 9.17) is 0 Å². The molecule has 1 aliphatic heterocycles. The summed E-state index contributed by atoms with van der Waals surface area (Å²) in [6, 6.07) is 1.72. The smallest absolute Gasteiger partial charge is 0.0138 e. The lowest BCUT2D eigenvalue weighted by Crippen LogP contribution is -2.46. The summed E-state index contributed by atoms with van der Waals surface area (Å²) >= 11 is 0. The van der Waals surface area contributed by atoms with Gasteiger partial charge in [0.2, 0.25) is 0 Å². The second kappa shape index (κ2) is 5.31. The van der Waals surface area contributed by atoms with Crippen molar-refractivity contribution in [2.24, 2.45) is 5.92 Å². The first-order valence-corrected chi connectivity index (χ1v) is 6.73. The Morgan fingerprint density at radius 1 is 1.13 bits per heavy atom. The third-order valence-electron chi connectivity index (χ3n) is 4.37. The zero-order valence-corrected chi connectivity index (χ0v) is 10.3. The van der Waals surface area contributed by atoms with Crippen LogP contribution in [0.3, 0.4) is 0 Å². The van der Waals surface area contributed by atoms with Gasteiger partial charge in [0, 0.05) is 12.1 Å². The summed E-state index contributed by atoms with van der Waals surface area (Å²) in [7, 11) is 2.10. The van der Waals surface area contributed by atoms with Crippen molar-refractivity contribution in [3.8, 4) is 0 Å². The molecule has 0 bridgehead atoms. The Morgan fingerprint density at radius 2 is 1.93 bits per heavy atom. The highest BCUT2D eigenvalue weighted by Gasteiger charge is 2.34. The van der Waals surface area contributed by atoms with E-state index in [0.717, 1.165) is 18.0 Å². The van der Waals surface area contributed by atoms with Gasteiger partial charge in [-0.1, -0.05) is 12.8 Å². The van der Waals surface area contributed by atoms with Crippen molar-refractivity contribution in [2.75, 3.05) is 20.1 Å². The highest BCUT2D eigenvalue weighted by Crippen LogP contribution is 2.32. The van der Waals surface area contributed by atoms with Crippen molar-refractivity contribution in [1.29, 1.82) is 0 Å². The standard InChI is InChI=1S/C13H26N2/c1-11-6-5-9-15(11)13-8-4-3-7-12(13)10-14-2/h11-14H,3-10H2,1-2H3. The predicted molar refractivity (Wildman–Crippen MR) is 65.1 cm³/mol. The number of likely N-dealkylation sites (tertiary alicyclic amines) is 1. The maximum Gasteiger partial charge on any atom is 0.0138 e. The molecule has 3 unspecified atom stereocenters. The number of hydrogen-bond acceptors (Lipinski definition) is 2. The van der Waals surface area contributed by atoms with E-state index < -0.39 is 0 Å². The normalized spacial score (nSPS) is 38.4. The van der Waals surface area contributed by atoms with Crippen LogP contribution < -0.4 is 5.32 Å². The largest absolute Gasteiger partial charge is 0.319 e. The quantitative estimate of drug-likeness (QED) is 0.768. The Kier molecular flexibility index (Phi) is 4.04. The second-order valence-corrected chi connectivity index (χ2v) is 5.40. The third kappa shape index (κ3) is 2.54. The van der Waals surface area contributed by atoms with Crippen LogP contribution in [0.15, 0.2) is 0 Å². The minimum atomic E-state index is 0.840. The minimum absolute atomic E-state index is 0.840. The number of nitrogens with one attached hydrogen (secondary N) is 1.